The maximum atomic E-state index is 12.7. The van der Waals surface area contributed by atoms with Crippen molar-refractivity contribution in [1.29, 1.82) is 0 Å². The average molecular weight is 388 g/mol. The molecule has 0 radical (unpaired) electrons. The third kappa shape index (κ3) is 4.57. The second-order valence-electron chi connectivity index (χ2n) is 7.24. The first-order valence-electron chi connectivity index (χ1n) is 9.88. The van der Waals surface area contributed by atoms with Crippen molar-refractivity contribution in [2.24, 2.45) is 5.84 Å². The minimum atomic E-state index is -0.135. The zero-order valence-corrected chi connectivity index (χ0v) is 16.2. The number of hydrogen-bond acceptors (Lipinski definition) is 6. The Morgan fingerprint density at radius 3 is 2.59 bits per heavy atom. The van der Waals surface area contributed by atoms with Crippen LogP contribution in [0.5, 0.6) is 0 Å². The lowest BCUT2D eigenvalue weighted by molar-refractivity contribution is 0.0633. The molecule has 0 unspecified atom stereocenters. The van der Waals surface area contributed by atoms with Crippen LogP contribution in [0.3, 0.4) is 0 Å². The molecule has 7 nitrogen and oxygen atoms in total. The van der Waals surface area contributed by atoms with Gasteiger partial charge in [-0.05, 0) is 49.2 Å². The monoisotopic (exact) mass is 388 g/mol. The lowest BCUT2D eigenvalue weighted by Crippen LogP contribution is -2.46. The van der Waals surface area contributed by atoms with Crippen LogP contribution >= 0.6 is 0 Å². The molecule has 0 bridgehead atoms. The summed E-state index contributed by atoms with van der Waals surface area (Å²) in [7, 11) is 0. The standard InChI is InChI=1S/C22H24N6O/c23-28(19-6-2-1-3-7-19)22(29)16-8-10-18(11-9-16)27-21-13-20(25-15-26-21)17-5-4-12-24-14-17/h4-5,8-15,19H,1-3,6-7,23H2,(H,25,26,27). The minimum absolute atomic E-state index is 0.135. The van der Waals surface area contributed by atoms with Gasteiger partial charge in [-0.25, -0.2) is 15.8 Å². The van der Waals surface area contributed by atoms with E-state index in [-0.39, 0.29) is 11.9 Å². The first-order valence-corrected chi connectivity index (χ1v) is 9.88. The van der Waals surface area contributed by atoms with Gasteiger partial charge in [0.15, 0.2) is 0 Å². The number of carbonyl (C=O) groups is 1. The molecule has 3 N–H and O–H groups in total. The molecular formula is C22H24N6O. The van der Waals surface area contributed by atoms with Crippen molar-refractivity contribution in [1.82, 2.24) is 20.0 Å². The molecule has 1 fully saturated rings. The Morgan fingerprint density at radius 2 is 1.86 bits per heavy atom. The quantitative estimate of drug-likeness (QED) is 0.390. The molecule has 2 aromatic heterocycles. The Kier molecular flexibility index (Phi) is 5.76. The van der Waals surface area contributed by atoms with Gasteiger partial charge in [0.1, 0.15) is 12.1 Å². The van der Waals surface area contributed by atoms with Crippen molar-refractivity contribution in [3.8, 4) is 11.3 Å². The Bertz CT molecular complexity index is 955. The van der Waals surface area contributed by atoms with E-state index >= 15 is 0 Å². The van der Waals surface area contributed by atoms with Crippen LogP contribution in [0.1, 0.15) is 42.5 Å². The van der Waals surface area contributed by atoms with Crippen LogP contribution in [0.25, 0.3) is 11.3 Å². The summed E-state index contributed by atoms with van der Waals surface area (Å²) in [4.78, 5) is 25.4. The molecule has 4 rings (SSSR count). The van der Waals surface area contributed by atoms with Crippen LogP contribution in [0, 0.1) is 0 Å². The van der Waals surface area contributed by atoms with E-state index < -0.39 is 0 Å². The smallest absolute Gasteiger partial charge is 0.268 e. The molecule has 3 aromatic rings. The molecular weight excluding hydrogens is 364 g/mol. The summed E-state index contributed by atoms with van der Waals surface area (Å²) in [6.07, 6.45) is 10.5. The third-order valence-electron chi connectivity index (χ3n) is 5.23. The number of hydrazine groups is 1. The molecule has 0 atom stereocenters. The van der Waals surface area contributed by atoms with E-state index in [4.69, 9.17) is 5.84 Å². The van der Waals surface area contributed by atoms with Crippen LogP contribution in [-0.2, 0) is 0 Å². The minimum Gasteiger partial charge on any atom is -0.340 e. The summed E-state index contributed by atoms with van der Waals surface area (Å²) in [5.41, 5.74) is 3.12. The number of amides is 1. The zero-order valence-electron chi connectivity index (χ0n) is 16.2. The highest BCUT2D eigenvalue weighted by Gasteiger charge is 2.23. The van der Waals surface area contributed by atoms with E-state index in [9.17, 15) is 4.79 Å². The van der Waals surface area contributed by atoms with E-state index in [2.05, 4.69) is 20.3 Å². The lowest BCUT2D eigenvalue weighted by Gasteiger charge is -2.30. The highest BCUT2D eigenvalue weighted by molar-refractivity contribution is 5.94. The van der Waals surface area contributed by atoms with Crippen LogP contribution in [-0.4, -0.2) is 31.9 Å². The van der Waals surface area contributed by atoms with E-state index in [0.717, 1.165) is 42.6 Å². The van der Waals surface area contributed by atoms with Crippen LogP contribution in [0.2, 0.25) is 0 Å². The molecule has 1 saturated carbocycles. The van der Waals surface area contributed by atoms with Crippen molar-refractivity contribution in [2.75, 3.05) is 5.32 Å². The molecule has 29 heavy (non-hydrogen) atoms. The first kappa shape index (κ1) is 19.0. The highest BCUT2D eigenvalue weighted by atomic mass is 16.2. The zero-order chi connectivity index (χ0) is 20.1. The summed E-state index contributed by atoms with van der Waals surface area (Å²) in [6, 6.07) is 13.1. The molecule has 2 heterocycles. The number of rotatable bonds is 5. The van der Waals surface area contributed by atoms with Crippen molar-refractivity contribution in [3.63, 3.8) is 0 Å². The predicted octanol–water partition coefficient (Wildman–Crippen LogP) is 3.93. The molecule has 7 heteroatoms. The number of carbonyl (C=O) groups excluding carboxylic acids is 1. The maximum absolute atomic E-state index is 12.7. The summed E-state index contributed by atoms with van der Waals surface area (Å²) >= 11 is 0. The predicted molar refractivity (Wildman–Crippen MR) is 112 cm³/mol. The van der Waals surface area contributed by atoms with Gasteiger partial charge in [0.25, 0.3) is 5.91 Å². The van der Waals surface area contributed by atoms with Gasteiger partial charge in [-0.2, -0.15) is 0 Å². The van der Waals surface area contributed by atoms with E-state index in [1.807, 2.05) is 30.3 Å². The number of hydrogen-bond donors (Lipinski definition) is 2. The molecule has 148 valence electrons. The Morgan fingerprint density at radius 1 is 1.07 bits per heavy atom. The van der Waals surface area contributed by atoms with E-state index in [0.29, 0.717) is 11.4 Å². The number of benzene rings is 1. The second kappa shape index (κ2) is 8.79. The molecule has 0 saturated heterocycles. The van der Waals surface area contributed by atoms with Crippen molar-refractivity contribution in [2.45, 2.75) is 38.1 Å². The van der Waals surface area contributed by atoms with Crippen LogP contribution < -0.4 is 11.2 Å². The molecule has 0 spiro atoms. The average Bonchev–Trinajstić information content (AvgIpc) is 2.80. The number of nitrogens with zero attached hydrogens (tertiary/aromatic N) is 4. The number of anilines is 2. The van der Waals surface area contributed by atoms with Gasteiger partial charge in [0.05, 0.1) is 5.69 Å². The maximum Gasteiger partial charge on any atom is 0.268 e. The lowest BCUT2D eigenvalue weighted by atomic mass is 9.95. The summed E-state index contributed by atoms with van der Waals surface area (Å²) in [6.45, 7) is 0. The van der Waals surface area contributed by atoms with Gasteiger partial charge in [-0.3, -0.25) is 14.8 Å². The van der Waals surface area contributed by atoms with Gasteiger partial charge in [0.2, 0.25) is 0 Å². The Labute approximate surface area is 170 Å². The number of nitrogens with two attached hydrogens (primary N) is 1. The van der Waals surface area contributed by atoms with Gasteiger partial charge >= 0.3 is 0 Å². The topological polar surface area (TPSA) is 97.0 Å². The fourth-order valence-corrected chi connectivity index (χ4v) is 3.62. The number of aromatic nitrogens is 3. The first-order chi connectivity index (χ1) is 14.2. The molecule has 1 amide bonds. The van der Waals surface area contributed by atoms with E-state index in [1.165, 1.54) is 17.8 Å². The van der Waals surface area contributed by atoms with Crippen molar-refractivity contribution >= 4 is 17.4 Å². The summed E-state index contributed by atoms with van der Waals surface area (Å²) < 4.78 is 0. The largest absolute Gasteiger partial charge is 0.340 e. The van der Waals surface area contributed by atoms with Crippen molar-refractivity contribution in [3.05, 3.63) is 66.7 Å². The highest BCUT2D eigenvalue weighted by Crippen LogP contribution is 2.23. The van der Waals surface area contributed by atoms with Gasteiger partial charge in [-0.15, -0.1) is 0 Å². The third-order valence-corrected chi connectivity index (χ3v) is 5.23. The normalized spacial score (nSPS) is 14.4. The Hall–Kier alpha value is -3.32. The second-order valence-corrected chi connectivity index (χ2v) is 7.24. The molecule has 1 aromatic carbocycles. The van der Waals surface area contributed by atoms with Gasteiger partial charge < -0.3 is 5.32 Å². The molecule has 1 aliphatic rings. The summed E-state index contributed by atoms with van der Waals surface area (Å²) in [5.74, 6) is 6.64. The van der Waals surface area contributed by atoms with E-state index in [1.54, 1.807) is 24.5 Å². The SMILES string of the molecule is NN(C(=O)c1ccc(Nc2cc(-c3cccnc3)ncn2)cc1)C1CCCCC1. The summed E-state index contributed by atoms with van der Waals surface area (Å²) in [5, 5.41) is 4.65. The van der Waals surface area contributed by atoms with Crippen LogP contribution in [0.4, 0.5) is 11.5 Å². The fourth-order valence-electron chi connectivity index (χ4n) is 3.62. The van der Waals surface area contributed by atoms with Crippen LogP contribution in [0.15, 0.2) is 61.2 Å². The van der Waals surface area contributed by atoms with Gasteiger partial charge in [-0.1, -0.05) is 19.3 Å². The number of nitrogens with one attached hydrogen (secondary N) is 1. The van der Waals surface area contributed by atoms with Crippen molar-refractivity contribution < 1.29 is 4.79 Å². The van der Waals surface area contributed by atoms with Gasteiger partial charge in [0, 0.05) is 41.3 Å². The molecule has 0 aliphatic heterocycles. The fraction of sp³-hybridized carbons (Fsp3) is 0.273. The Balaban J connectivity index is 1.44. The number of pyridine rings is 1. The molecule has 1 aliphatic carbocycles.